The van der Waals surface area contributed by atoms with Gasteiger partial charge in [0.05, 0.1) is 5.56 Å². The lowest BCUT2D eigenvalue weighted by Crippen LogP contribution is -1.98. The van der Waals surface area contributed by atoms with E-state index < -0.39 is 0 Å². The molecule has 0 aliphatic rings. The highest BCUT2D eigenvalue weighted by Crippen LogP contribution is 2.31. The van der Waals surface area contributed by atoms with E-state index >= 15 is 0 Å². The van der Waals surface area contributed by atoms with Crippen LogP contribution in [0.4, 0.5) is 11.6 Å². The zero-order chi connectivity index (χ0) is 18.7. The fraction of sp³-hybridized carbons (Fsp3) is 0.250. The number of benzene rings is 1. The minimum Gasteiger partial charge on any atom is -0.323 e. The van der Waals surface area contributed by atoms with Crippen molar-refractivity contribution in [3.8, 4) is 17.2 Å². The summed E-state index contributed by atoms with van der Waals surface area (Å²) in [6.07, 6.45) is 1.02. The molecule has 2 N–H and O–H groups in total. The first kappa shape index (κ1) is 18.0. The van der Waals surface area contributed by atoms with E-state index in [1.54, 1.807) is 0 Å². The van der Waals surface area contributed by atoms with Gasteiger partial charge in [-0.05, 0) is 36.5 Å². The summed E-state index contributed by atoms with van der Waals surface area (Å²) in [7, 11) is 0. The molecule has 0 radical (unpaired) electrons. The Labute approximate surface area is 158 Å². The van der Waals surface area contributed by atoms with Crippen LogP contribution < -0.4 is 5.32 Å². The van der Waals surface area contributed by atoms with Crippen LogP contribution in [0.1, 0.15) is 30.7 Å². The summed E-state index contributed by atoms with van der Waals surface area (Å²) in [5.74, 6) is 1.79. The van der Waals surface area contributed by atoms with Crippen LogP contribution in [0.25, 0.3) is 11.1 Å². The zero-order valence-corrected chi connectivity index (χ0v) is 15.7. The molecule has 5 nitrogen and oxygen atoms in total. The highest BCUT2D eigenvalue weighted by atomic mass is 35.5. The number of hydrogen-bond donors (Lipinski definition) is 2. The number of nitrogens with one attached hydrogen (secondary N) is 2. The fourth-order valence-corrected chi connectivity index (χ4v) is 3.05. The fourth-order valence-electron chi connectivity index (χ4n) is 2.82. The molecule has 0 atom stereocenters. The van der Waals surface area contributed by atoms with Gasteiger partial charge in [-0.3, -0.25) is 5.10 Å². The maximum absolute atomic E-state index is 9.51. The molecule has 0 unspecified atom stereocenters. The molecule has 0 amide bonds. The van der Waals surface area contributed by atoms with Crippen molar-refractivity contribution in [3.63, 3.8) is 0 Å². The number of rotatable bonds is 5. The molecule has 3 rings (SSSR count). The summed E-state index contributed by atoms with van der Waals surface area (Å²) in [4.78, 5) is 4.27. The normalized spacial score (nSPS) is 10.8. The van der Waals surface area contributed by atoms with Gasteiger partial charge < -0.3 is 5.32 Å². The lowest BCUT2D eigenvalue weighted by molar-refractivity contribution is 0.647. The maximum atomic E-state index is 9.51. The van der Waals surface area contributed by atoms with Gasteiger partial charge in [0.25, 0.3) is 0 Å². The SMILES string of the molecule is Cc1cc(Nc2cc(-c3ccc(CC(C)C)cc3)c(C#N)c(Cl)n2)n[nH]1. The number of aryl methyl sites for hydroxylation is 1. The number of aromatic nitrogens is 3. The van der Waals surface area contributed by atoms with Gasteiger partial charge in [0.2, 0.25) is 0 Å². The van der Waals surface area contributed by atoms with Crippen molar-refractivity contribution in [3.05, 3.63) is 58.4 Å². The number of anilines is 2. The predicted molar refractivity (Wildman–Crippen MR) is 105 cm³/mol. The first-order valence-corrected chi connectivity index (χ1v) is 8.83. The number of aromatic amines is 1. The molecular formula is C20H20ClN5. The Kier molecular flexibility index (Phi) is 5.24. The molecule has 0 spiro atoms. The Morgan fingerprint density at radius 2 is 1.92 bits per heavy atom. The predicted octanol–water partition coefficient (Wildman–Crippen LogP) is 5.25. The number of halogens is 1. The lowest BCUT2D eigenvalue weighted by Gasteiger charge is -2.11. The van der Waals surface area contributed by atoms with Gasteiger partial charge in [-0.25, -0.2) is 4.98 Å². The van der Waals surface area contributed by atoms with E-state index in [1.807, 2.05) is 31.2 Å². The van der Waals surface area contributed by atoms with E-state index in [-0.39, 0.29) is 5.15 Å². The second-order valence-electron chi connectivity index (χ2n) is 6.69. The van der Waals surface area contributed by atoms with Crippen molar-refractivity contribution in [2.75, 3.05) is 5.32 Å². The molecule has 2 heterocycles. The third-order valence-corrected chi connectivity index (χ3v) is 4.23. The summed E-state index contributed by atoms with van der Waals surface area (Å²) in [6, 6.07) is 14.1. The molecule has 0 saturated heterocycles. The van der Waals surface area contributed by atoms with Gasteiger partial charge in [0.15, 0.2) is 5.82 Å². The maximum Gasteiger partial charge on any atom is 0.153 e. The minimum atomic E-state index is 0.172. The monoisotopic (exact) mass is 365 g/mol. The van der Waals surface area contributed by atoms with Gasteiger partial charge >= 0.3 is 0 Å². The topological polar surface area (TPSA) is 77.4 Å². The Morgan fingerprint density at radius 3 is 2.50 bits per heavy atom. The Bertz CT molecular complexity index is 951. The minimum absolute atomic E-state index is 0.172. The van der Waals surface area contributed by atoms with Crippen molar-refractivity contribution in [2.24, 2.45) is 5.92 Å². The standard InChI is InChI=1S/C20H20ClN5/c1-12(2)8-14-4-6-15(7-5-14)16-10-18(24-20(21)17(16)11-22)23-19-9-13(3)25-26-19/h4-7,9-10,12H,8H2,1-3H3,(H2,23,24,25,26). The molecule has 2 aromatic heterocycles. The van der Waals surface area contributed by atoms with Gasteiger partial charge in [-0.1, -0.05) is 49.7 Å². The summed E-state index contributed by atoms with van der Waals surface area (Å²) < 4.78 is 0. The summed E-state index contributed by atoms with van der Waals surface area (Å²) in [5, 5.41) is 19.8. The molecule has 6 heteroatoms. The van der Waals surface area contributed by atoms with E-state index in [0.717, 1.165) is 23.2 Å². The smallest absolute Gasteiger partial charge is 0.153 e. The van der Waals surface area contributed by atoms with Crippen LogP contribution in [0.5, 0.6) is 0 Å². The average Bonchev–Trinajstić information content (AvgIpc) is 2.99. The van der Waals surface area contributed by atoms with Crippen LogP contribution in [-0.4, -0.2) is 15.2 Å². The highest BCUT2D eigenvalue weighted by Gasteiger charge is 2.14. The molecule has 0 aliphatic carbocycles. The van der Waals surface area contributed by atoms with Crippen molar-refractivity contribution < 1.29 is 0 Å². The van der Waals surface area contributed by atoms with E-state index in [2.05, 4.69) is 52.5 Å². The average molecular weight is 366 g/mol. The lowest BCUT2D eigenvalue weighted by atomic mass is 9.97. The van der Waals surface area contributed by atoms with Crippen LogP contribution in [0.15, 0.2) is 36.4 Å². The molecular weight excluding hydrogens is 346 g/mol. The van der Waals surface area contributed by atoms with Gasteiger partial charge in [-0.15, -0.1) is 0 Å². The Hall–Kier alpha value is -2.84. The van der Waals surface area contributed by atoms with Crippen molar-refractivity contribution in [2.45, 2.75) is 27.2 Å². The molecule has 1 aromatic carbocycles. The zero-order valence-electron chi connectivity index (χ0n) is 15.0. The molecule has 3 aromatic rings. The number of H-pyrrole nitrogens is 1. The summed E-state index contributed by atoms with van der Waals surface area (Å²) in [5.41, 5.74) is 4.26. The van der Waals surface area contributed by atoms with Crippen molar-refractivity contribution in [1.82, 2.24) is 15.2 Å². The van der Waals surface area contributed by atoms with E-state index in [0.29, 0.717) is 23.1 Å². The molecule has 132 valence electrons. The van der Waals surface area contributed by atoms with E-state index in [1.165, 1.54) is 5.56 Å². The van der Waals surface area contributed by atoms with Gasteiger partial charge in [-0.2, -0.15) is 10.4 Å². The number of nitrogens with zero attached hydrogens (tertiary/aromatic N) is 3. The molecule has 0 saturated carbocycles. The van der Waals surface area contributed by atoms with Crippen LogP contribution in [0, 0.1) is 24.2 Å². The summed E-state index contributed by atoms with van der Waals surface area (Å²) >= 11 is 6.25. The Balaban J connectivity index is 1.98. The van der Waals surface area contributed by atoms with Crippen LogP contribution in [0.3, 0.4) is 0 Å². The quantitative estimate of drug-likeness (QED) is 0.605. The molecule has 26 heavy (non-hydrogen) atoms. The van der Waals surface area contributed by atoms with Crippen molar-refractivity contribution >= 4 is 23.2 Å². The van der Waals surface area contributed by atoms with Crippen LogP contribution >= 0.6 is 11.6 Å². The summed E-state index contributed by atoms with van der Waals surface area (Å²) in [6.45, 7) is 6.31. The third-order valence-electron chi connectivity index (χ3n) is 3.96. The van der Waals surface area contributed by atoms with Gasteiger partial charge in [0.1, 0.15) is 17.0 Å². The molecule has 0 bridgehead atoms. The van der Waals surface area contributed by atoms with Crippen LogP contribution in [0.2, 0.25) is 5.15 Å². The number of pyridine rings is 1. The largest absolute Gasteiger partial charge is 0.323 e. The molecule has 0 aliphatic heterocycles. The van der Waals surface area contributed by atoms with Crippen LogP contribution in [-0.2, 0) is 6.42 Å². The number of hydrogen-bond acceptors (Lipinski definition) is 4. The third kappa shape index (κ3) is 4.04. The Morgan fingerprint density at radius 1 is 1.19 bits per heavy atom. The van der Waals surface area contributed by atoms with Crippen molar-refractivity contribution in [1.29, 1.82) is 5.26 Å². The van der Waals surface area contributed by atoms with Gasteiger partial charge in [0, 0.05) is 17.3 Å². The second kappa shape index (κ2) is 7.59. The second-order valence-corrected chi connectivity index (χ2v) is 7.05. The number of nitriles is 1. The van der Waals surface area contributed by atoms with E-state index in [9.17, 15) is 5.26 Å². The molecule has 0 fully saturated rings. The van der Waals surface area contributed by atoms with E-state index in [4.69, 9.17) is 11.6 Å². The highest BCUT2D eigenvalue weighted by molar-refractivity contribution is 6.31. The first-order chi connectivity index (χ1) is 12.5. The first-order valence-electron chi connectivity index (χ1n) is 8.45.